The Labute approximate surface area is 203 Å². The van der Waals surface area contributed by atoms with Crippen LogP contribution in [0.15, 0.2) is 71.8 Å². The summed E-state index contributed by atoms with van der Waals surface area (Å²) < 4.78 is 41.6. The van der Waals surface area contributed by atoms with Crippen molar-refractivity contribution in [2.24, 2.45) is 5.73 Å². The van der Waals surface area contributed by atoms with E-state index < -0.39 is 21.7 Å². The van der Waals surface area contributed by atoms with E-state index in [1.165, 1.54) is 16.4 Å². The van der Waals surface area contributed by atoms with E-state index in [4.69, 9.17) is 5.73 Å². The fraction of sp³-hybridized carbons (Fsp3) is 0.222. The number of aromatic amines is 1. The van der Waals surface area contributed by atoms with Crippen LogP contribution in [0.25, 0.3) is 22.0 Å². The normalized spacial score (nSPS) is 15.5. The Bertz CT molecular complexity index is 1520. The zero-order valence-corrected chi connectivity index (χ0v) is 20.1. The number of halogens is 1. The molecular weight excluding hydrogens is 465 g/mol. The van der Waals surface area contributed by atoms with Crippen molar-refractivity contribution in [3.8, 4) is 11.1 Å². The van der Waals surface area contributed by atoms with Gasteiger partial charge in [0.05, 0.1) is 16.0 Å². The number of carbonyl (C=O) groups is 1. The molecule has 1 aliphatic heterocycles. The van der Waals surface area contributed by atoms with Crippen LogP contribution >= 0.6 is 0 Å². The number of hydrogen-bond donors (Lipinski definition) is 2. The van der Waals surface area contributed by atoms with Crippen molar-refractivity contribution < 1.29 is 17.6 Å². The maximum absolute atomic E-state index is 13.8. The first kappa shape index (κ1) is 23.3. The van der Waals surface area contributed by atoms with Gasteiger partial charge in [0.1, 0.15) is 5.82 Å². The van der Waals surface area contributed by atoms with Gasteiger partial charge < -0.3 is 10.7 Å². The van der Waals surface area contributed by atoms with Gasteiger partial charge in [0, 0.05) is 24.7 Å². The van der Waals surface area contributed by atoms with Crippen LogP contribution in [0, 0.1) is 12.7 Å². The zero-order valence-electron chi connectivity index (χ0n) is 19.3. The second-order valence-electron chi connectivity index (χ2n) is 9.01. The summed E-state index contributed by atoms with van der Waals surface area (Å²) in [6, 6.07) is 17.5. The van der Waals surface area contributed by atoms with Crippen molar-refractivity contribution in [2.45, 2.75) is 30.6 Å². The fourth-order valence-electron chi connectivity index (χ4n) is 4.98. The van der Waals surface area contributed by atoms with E-state index in [1.807, 2.05) is 36.5 Å². The lowest BCUT2D eigenvalue weighted by atomic mass is 9.88. The number of H-pyrrole nitrogens is 1. The third kappa shape index (κ3) is 4.24. The molecule has 2 heterocycles. The smallest absolute Gasteiger partial charge is 0.250 e. The number of fused-ring (bicyclic) bond motifs is 1. The monoisotopic (exact) mass is 491 g/mol. The van der Waals surface area contributed by atoms with E-state index in [0.717, 1.165) is 28.1 Å². The van der Waals surface area contributed by atoms with Crippen molar-refractivity contribution in [2.75, 3.05) is 13.1 Å². The highest BCUT2D eigenvalue weighted by atomic mass is 32.2. The second kappa shape index (κ2) is 8.94. The summed E-state index contributed by atoms with van der Waals surface area (Å²) >= 11 is 0. The Hall–Kier alpha value is -3.49. The number of benzene rings is 3. The van der Waals surface area contributed by atoms with Crippen LogP contribution in [0.5, 0.6) is 0 Å². The summed E-state index contributed by atoms with van der Waals surface area (Å²) in [5.41, 5.74) is 10.3. The van der Waals surface area contributed by atoms with E-state index in [9.17, 15) is 17.6 Å². The van der Waals surface area contributed by atoms with E-state index in [-0.39, 0.29) is 10.8 Å². The number of primary amides is 1. The number of nitrogens with one attached hydrogen (secondary N) is 1. The van der Waals surface area contributed by atoms with Crippen LogP contribution in [0.3, 0.4) is 0 Å². The summed E-state index contributed by atoms with van der Waals surface area (Å²) in [6.45, 7) is 2.33. The minimum atomic E-state index is -3.79. The minimum Gasteiger partial charge on any atom is -0.366 e. The number of piperidine rings is 1. The van der Waals surface area contributed by atoms with Crippen LogP contribution in [-0.2, 0) is 10.0 Å². The number of aryl methyl sites for hydroxylation is 1. The number of hydrogen-bond acceptors (Lipinski definition) is 3. The fourth-order valence-corrected chi connectivity index (χ4v) is 6.69. The van der Waals surface area contributed by atoms with Gasteiger partial charge in [-0.2, -0.15) is 4.31 Å². The third-order valence-corrected chi connectivity index (χ3v) is 8.90. The van der Waals surface area contributed by atoms with Crippen molar-refractivity contribution in [3.05, 3.63) is 89.4 Å². The van der Waals surface area contributed by atoms with E-state index in [1.54, 1.807) is 13.0 Å². The highest BCUT2D eigenvalue weighted by molar-refractivity contribution is 7.89. The molecule has 6 nitrogen and oxygen atoms in total. The number of sulfonamides is 1. The quantitative estimate of drug-likeness (QED) is 0.413. The average Bonchev–Trinajstić information content (AvgIpc) is 3.29. The molecule has 1 aliphatic rings. The molecule has 8 heteroatoms. The first-order chi connectivity index (χ1) is 16.8. The third-order valence-electron chi connectivity index (χ3n) is 6.86. The topological polar surface area (TPSA) is 96.3 Å². The molecule has 0 saturated carbocycles. The van der Waals surface area contributed by atoms with Gasteiger partial charge in [-0.3, -0.25) is 4.79 Å². The molecule has 4 aromatic rings. The molecule has 0 atom stereocenters. The number of aromatic nitrogens is 1. The number of rotatable bonds is 5. The van der Waals surface area contributed by atoms with Crippen molar-refractivity contribution in [3.63, 3.8) is 0 Å². The maximum Gasteiger partial charge on any atom is 0.250 e. The predicted octanol–water partition coefficient (Wildman–Crippen LogP) is 4.95. The minimum absolute atomic E-state index is 0.0154. The van der Waals surface area contributed by atoms with Gasteiger partial charge >= 0.3 is 0 Å². The van der Waals surface area contributed by atoms with Crippen LogP contribution in [0.2, 0.25) is 0 Å². The number of carbonyl (C=O) groups excluding carboxylic acids is 1. The number of nitrogens with zero attached hydrogens (tertiary/aromatic N) is 1. The van der Waals surface area contributed by atoms with E-state index in [0.29, 0.717) is 42.6 Å². The van der Waals surface area contributed by atoms with Crippen molar-refractivity contribution in [1.29, 1.82) is 0 Å². The van der Waals surface area contributed by atoms with Crippen LogP contribution in [-0.4, -0.2) is 36.7 Å². The lowest BCUT2D eigenvalue weighted by Crippen LogP contribution is -2.38. The summed E-state index contributed by atoms with van der Waals surface area (Å²) in [6.07, 6.45) is 3.13. The largest absolute Gasteiger partial charge is 0.366 e. The first-order valence-electron chi connectivity index (χ1n) is 11.5. The standard InChI is InChI=1S/C27H26FN3O3S/c1-17-7-8-21(28)15-25(17)35(33,34)31-11-9-19(10-12-31)24-16-30-26-22(24)13-20(14-23(26)27(29)32)18-5-3-2-4-6-18/h2-8,13-16,19,30H,9-12H2,1H3,(H2,29,32). The Morgan fingerprint density at radius 2 is 1.74 bits per heavy atom. The molecule has 0 aliphatic carbocycles. The molecule has 0 bridgehead atoms. The highest BCUT2D eigenvalue weighted by Crippen LogP contribution is 2.38. The Morgan fingerprint density at radius 1 is 1.03 bits per heavy atom. The van der Waals surface area contributed by atoms with Crippen LogP contribution in [0.4, 0.5) is 4.39 Å². The molecule has 0 unspecified atom stereocenters. The second-order valence-corrected chi connectivity index (χ2v) is 10.9. The summed E-state index contributed by atoms with van der Waals surface area (Å²) in [5, 5.41) is 0.919. The van der Waals surface area contributed by atoms with Crippen molar-refractivity contribution >= 4 is 26.8 Å². The first-order valence-corrected chi connectivity index (χ1v) is 13.0. The Kier molecular flexibility index (Phi) is 5.94. The average molecular weight is 492 g/mol. The van der Waals surface area contributed by atoms with Gasteiger partial charge in [-0.25, -0.2) is 12.8 Å². The molecule has 1 fully saturated rings. The molecular formula is C27H26FN3O3S. The Balaban J connectivity index is 1.46. The summed E-state index contributed by atoms with van der Waals surface area (Å²) in [4.78, 5) is 15.5. The molecule has 1 amide bonds. The van der Waals surface area contributed by atoms with Crippen LogP contribution in [0.1, 0.15) is 40.2 Å². The van der Waals surface area contributed by atoms with Gasteiger partial charge in [0.15, 0.2) is 0 Å². The SMILES string of the molecule is Cc1ccc(F)cc1S(=O)(=O)N1CCC(c2c[nH]c3c(C(N)=O)cc(-c4ccccc4)cc23)CC1. The van der Waals surface area contributed by atoms with Gasteiger partial charge in [0.25, 0.3) is 5.91 Å². The molecule has 1 saturated heterocycles. The van der Waals surface area contributed by atoms with Gasteiger partial charge in [0.2, 0.25) is 10.0 Å². The number of amides is 1. The van der Waals surface area contributed by atoms with Crippen LogP contribution < -0.4 is 5.73 Å². The van der Waals surface area contributed by atoms with E-state index in [2.05, 4.69) is 11.1 Å². The molecule has 1 aromatic heterocycles. The highest BCUT2D eigenvalue weighted by Gasteiger charge is 2.32. The lowest BCUT2D eigenvalue weighted by Gasteiger charge is -2.31. The molecule has 0 radical (unpaired) electrons. The van der Waals surface area contributed by atoms with Crippen molar-refractivity contribution in [1.82, 2.24) is 9.29 Å². The predicted molar refractivity (Wildman–Crippen MR) is 134 cm³/mol. The maximum atomic E-state index is 13.8. The molecule has 3 N–H and O–H groups in total. The molecule has 180 valence electrons. The van der Waals surface area contributed by atoms with Gasteiger partial charge in [-0.15, -0.1) is 0 Å². The lowest BCUT2D eigenvalue weighted by molar-refractivity contribution is 0.100. The molecule has 35 heavy (non-hydrogen) atoms. The summed E-state index contributed by atoms with van der Waals surface area (Å²) in [7, 11) is -3.79. The molecule has 0 spiro atoms. The van der Waals surface area contributed by atoms with Gasteiger partial charge in [-0.1, -0.05) is 36.4 Å². The summed E-state index contributed by atoms with van der Waals surface area (Å²) in [5.74, 6) is -0.967. The Morgan fingerprint density at radius 3 is 2.43 bits per heavy atom. The molecule has 5 rings (SSSR count). The van der Waals surface area contributed by atoms with Gasteiger partial charge in [-0.05, 0) is 72.2 Å². The zero-order chi connectivity index (χ0) is 24.7. The number of nitrogens with two attached hydrogens (primary N) is 1. The molecule has 3 aromatic carbocycles. The van der Waals surface area contributed by atoms with E-state index >= 15 is 0 Å².